The molecular formula is C47H33NO. The molecule has 0 N–H and O–H groups in total. The first-order valence-corrected chi connectivity index (χ1v) is 17.0. The minimum Gasteiger partial charge on any atom is -0.456 e. The third-order valence-corrected chi connectivity index (χ3v) is 10.6. The fourth-order valence-corrected chi connectivity index (χ4v) is 8.19. The van der Waals surface area contributed by atoms with Crippen LogP contribution in [0, 0.1) is 0 Å². The maximum Gasteiger partial charge on any atom is 0.136 e. The van der Waals surface area contributed by atoms with Gasteiger partial charge in [0, 0.05) is 33.0 Å². The lowest BCUT2D eigenvalue weighted by molar-refractivity contribution is 0.660. The molecule has 0 bridgehead atoms. The number of anilines is 3. The summed E-state index contributed by atoms with van der Waals surface area (Å²) in [4.78, 5) is 2.48. The van der Waals surface area contributed by atoms with E-state index in [0.29, 0.717) is 0 Å². The summed E-state index contributed by atoms with van der Waals surface area (Å²) in [5.41, 5.74) is 12.9. The lowest BCUT2D eigenvalue weighted by atomic mass is 9.82. The topological polar surface area (TPSA) is 16.4 Å². The highest BCUT2D eigenvalue weighted by atomic mass is 16.3. The van der Waals surface area contributed by atoms with Crippen LogP contribution >= 0.6 is 0 Å². The summed E-state index contributed by atoms with van der Waals surface area (Å²) in [5.74, 6) is 0. The van der Waals surface area contributed by atoms with Crippen molar-refractivity contribution < 1.29 is 4.42 Å². The summed E-state index contributed by atoms with van der Waals surface area (Å²) < 4.78 is 6.26. The molecule has 8 aromatic carbocycles. The lowest BCUT2D eigenvalue weighted by Crippen LogP contribution is -2.16. The molecule has 2 heteroatoms. The minimum atomic E-state index is -0.108. The molecule has 0 aliphatic heterocycles. The van der Waals surface area contributed by atoms with Gasteiger partial charge in [-0.15, -0.1) is 0 Å². The van der Waals surface area contributed by atoms with Crippen molar-refractivity contribution in [2.45, 2.75) is 19.3 Å². The van der Waals surface area contributed by atoms with Crippen LogP contribution in [0.3, 0.4) is 0 Å². The van der Waals surface area contributed by atoms with Gasteiger partial charge in [0.2, 0.25) is 0 Å². The molecule has 0 atom stereocenters. The van der Waals surface area contributed by atoms with E-state index in [-0.39, 0.29) is 5.41 Å². The van der Waals surface area contributed by atoms with Gasteiger partial charge >= 0.3 is 0 Å². The molecule has 0 amide bonds. The van der Waals surface area contributed by atoms with Crippen LogP contribution in [0.15, 0.2) is 168 Å². The number of fused-ring (bicyclic) bond motifs is 8. The summed E-state index contributed by atoms with van der Waals surface area (Å²) in [5, 5.41) is 7.09. The summed E-state index contributed by atoms with van der Waals surface area (Å²) >= 11 is 0. The van der Waals surface area contributed by atoms with Gasteiger partial charge in [-0.05, 0) is 92.3 Å². The molecular weight excluding hydrogens is 595 g/mol. The van der Waals surface area contributed by atoms with Gasteiger partial charge in [-0.2, -0.15) is 0 Å². The molecule has 0 unspecified atom stereocenters. The molecule has 10 rings (SSSR count). The summed E-state index contributed by atoms with van der Waals surface area (Å²) in [7, 11) is 0. The standard InChI is InChI=1S/C47H33NO/c1-47(2)40-17-8-5-16-38(40)46-41(47)18-11-20-43(46)48(42-19-9-6-14-36(42)33-23-22-30-12-3-4-13-31(30)26-33)35-25-24-32-29-45-39(28-34(32)27-35)37-15-7-10-21-44(37)49-45/h3-29H,1-2H3. The van der Waals surface area contributed by atoms with Crippen molar-refractivity contribution in [3.8, 4) is 22.3 Å². The Kier molecular flexibility index (Phi) is 5.95. The number of hydrogen-bond acceptors (Lipinski definition) is 2. The predicted molar refractivity (Wildman–Crippen MR) is 206 cm³/mol. The maximum absolute atomic E-state index is 6.26. The second kappa shape index (κ2) is 10.4. The highest BCUT2D eigenvalue weighted by Gasteiger charge is 2.38. The highest BCUT2D eigenvalue weighted by Crippen LogP contribution is 2.55. The lowest BCUT2D eigenvalue weighted by Gasteiger charge is -2.31. The molecule has 2 nitrogen and oxygen atoms in total. The van der Waals surface area contributed by atoms with Gasteiger partial charge in [-0.1, -0.05) is 129 Å². The zero-order chi connectivity index (χ0) is 32.7. The van der Waals surface area contributed by atoms with Crippen LogP contribution in [0.1, 0.15) is 25.0 Å². The van der Waals surface area contributed by atoms with Crippen LogP contribution in [0.5, 0.6) is 0 Å². The van der Waals surface area contributed by atoms with E-state index >= 15 is 0 Å². The fourth-order valence-electron chi connectivity index (χ4n) is 8.19. The Hall–Kier alpha value is -6.12. The van der Waals surface area contributed by atoms with E-state index in [0.717, 1.165) is 38.7 Å². The highest BCUT2D eigenvalue weighted by molar-refractivity contribution is 6.11. The fraction of sp³-hybridized carbons (Fsp3) is 0.0638. The van der Waals surface area contributed by atoms with Gasteiger partial charge in [-0.3, -0.25) is 0 Å². The first-order valence-electron chi connectivity index (χ1n) is 17.0. The van der Waals surface area contributed by atoms with Crippen LogP contribution in [-0.2, 0) is 5.41 Å². The molecule has 1 heterocycles. The molecule has 49 heavy (non-hydrogen) atoms. The number of nitrogens with zero attached hydrogens (tertiary/aromatic N) is 1. The van der Waals surface area contributed by atoms with Crippen molar-refractivity contribution in [3.63, 3.8) is 0 Å². The van der Waals surface area contributed by atoms with Crippen LogP contribution in [0.25, 0.3) is 65.7 Å². The van der Waals surface area contributed by atoms with Gasteiger partial charge < -0.3 is 9.32 Å². The normalized spacial score (nSPS) is 13.3. The summed E-state index contributed by atoms with van der Waals surface area (Å²) in [6.07, 6.45) is 0. The zero-order valence-corrected chi connectivity index (χ0v) is 27.4. The number of furan rings is 1. The van der Waals surface area contributed by atoms with Gasteiger partial charge in [0.05, 0.1) is 11.4 Å². The van der Waals surface area contributed by atoms with Crippen LogP contribution in [0.2, 0.25) is 0 Å². The Morgan fingerprint density at radius 3 is 2.06 bits per heavy atom. The third kappa shape index (κ3) is 4.20. The van der Waals surface area contributed by atoms with E-state index in [2.05, 4.69) is 170 Å². The number of hydrogen-bond donors (Lipinski definition) is 0. The number of rotatable bonds is 4. The van der Waals surface area contributed by atoms with E-state index in [4.69, 9.17) is 4.42 Å². The van der Waals surface area contributed by atoms with Crippen LogP contribution in [-0.4, -0.2) is 0 Å². The average Bonchev–Trinajstić information content (AvgIpc) is 3.62. The number of benzene rings is 8. The van der Waals surface area contributed by atoms with Crippen molar-refractivity contribution in [3.05, 3.63) is 175 Å². The summed E-state index contributed by atoms with van der Waals surface area (Å²) in [6, 6.07) is 59.7. The molecule has 0 spiro atoms. The Bertz CT molecular complexity index is 2770. The van der Waals surface area contributed by atoms with Gasteiger partial charge in [0.1, 0.15) is 11.2 Å². The molecule has 0 saturated carbocycles. The van der Waals surface area contributed by atoms with E-state index in [1.54, 1.807) is 0 Å². The van der Waals surface area contributed by atoms with Crippen molar-refractivity contribution in [2.24, 2.45) is 0 Å². The molecule has 1 aliphatic rings. The third-order valence-electron chi connectivity index (χ3n) is 10.6. The first-order chi connectivity index (χ1) is 24.0. The molecule has 9 aromatic rings. The minimum absolute atomic E-state index is 0.108. The van der Waals surface area contributed by atoms with Crippen LogP contribution < -0.4 is 4.90 Å². The van der Waals surface area contributed by atoms with Gasteiger partial charge in [-0.25, -0.2) is 0 Å². The predicted octanol–water partition coefficient (Wildman–Crippen LogP) is 13.3. The van der Waals surface area contributed by atoms with Crippen molar-refractivity contribution in [2.75, 3.05) is 4.90 Å². The molecule has 0 radical (unpaired) electrons. The largest absolute Gasteiger partial charge is 0.456 e. The number of para-hydroxylation sites is 2. The zero-order valence-electron chi connectivity index (χ0n) is 27.4. The Morgan fingerprint density at radius 1 is 0.449 bits per heavy atom. The molecule has 0 fully saturated rings. The Morgan fingerprint density at radius 2 is 1.14 bits per heavy atom. The van der Waals surface area contributed by atoms with Crippen molar-refractivity contribution in [1.82, 2.24) is 0 Å². The van der Waals surface area contributed by atoms with Crippen molar-refractivity contribution in [1.29, 1.82) is 0 Å². The quantitative estimate of drug-likeness (QED) is 0.193. The molecule has 0 saturated heterocycles. The summed E-state index contributed by atoms with van der Waals surface area (Å²) in [6.45, 7) is 4.71. The van der Waals surface area contributed by atoms with E-state index in [9.17, 15) is 0 Å². The van der Waals surface area contributed by atoms with E-state index in [1.165, 1.54) is 55.2 Å². The second-order valence-corrected chi connectivity index (χ2v) is 13.8. The Labute approximate surface area is 285 Å². The maximum atomic E-state index is 6.26. The SMILES string of the molecule is CC1(C)c2ccccc2-c2c(N(c3ccc4cc5oc6ccccc6c5cc4c3)c3ccccc3-c3ccc4ccccc4c3)cccc21. The van der Waals surface area contributed by atoms with Gasteiger partial charge in [0.25, 0.3) is 0 Å². The smallest absolute Gasteiger partial charge is 0.136 e. The van der Waals surface area contributed by atoms with E-state index < -0.39 is 0 Å². The van der Waals surface area contributed by atoms with Crippen LogP contribution in [0.4, 0.5) is 17.1 Å². The van der Waals surface area contributed by atoms with Gasteiger partial charge in [0.15, 0.2) is 0 Å². The first kappa shape index (κ1) is 27.9. The molecule has 1 aromatic heterocycles. The second-order valence-electron chi connectivity index (χ2n) is 13.8. The molecule has 232 valence electrons. The average molecular weight is 628 g/mol. The van der Waals surface area contributed by atoms with Crippen molar-refractivity contribution >= 4 is 60.5 Å². The monoisotopic (exact) mass is 627 g/mol. The molecule has 1 aliphatic carbocycles. The van der Waals surface area contributed by atoms with E-state index in [1.807, 2.05) is 12.1 Å². The Balaban J connectivity index is 1.26.